The van der Waals surface area contributed by atoms with E-state index in [9.17, 15) is 13.2 Å². The first kappa shape index (κ1) is 14.4. The molecule has 1 atom stereocenters. The quantitative estimate of drug-likeness (QED) is 0.860. The van der Waals surface area contributed by atoms with Gasteiger partial charge in [-0.3, -0.25) is 0 Å². The fraction of sp³-hybridized carbons (Fsp3) is 0.600. The van der Waals surface area contributed by atoms with Crippen LogP contribution in [0.2, 0.25) is 0 Å². The van der Waals surface area contributed by atoms with Gasteiger partial charge in [0.15, 0.2) is 0 Å². The molecule has 0 spiro atoms. The van der Waals surface area contributed by atoms with Crippen LogP contribution in [0.25, 0.3) is 0 Å². The van der Waals surface area contributed by atoms with Crippen LogP contribution >= 0.6 is 0 Å². The minimum absolute atomic E-state index is 0.387. The fourth-order valence-electron chi connectivity index (χ4n) is 2.68. The molecule has 0 amide bonds. The van der Waals surface area contributed by atoms with Crippen LogP contribution in [0, 0.1) is 5.41 Å². The van der Waals surface area contributed by atoms with Crippen LogP contribution in [-0.4, -0.2) is 6.04 Å². The number of nitrogens with one attached hydrogen (secondary N) is 1. The van der Waals surface area contributed by atoms with Crippen molar-refractivity contribution in [3.05, 3.63) is 35.4 Å². The third-order valence-electron chi connectivity index (χ3n) is 3.84. The van der Waals surface area contributed by atoms with Crippen molar-refractivity contribution in [1.82, 2.24) is 5.32 Å². The van der Waals surface area contributed by atoms with Gasteiger partial charge >= 0.3 is 6.18 Å². The Morgan fingerprint density at radius 3 is 2.32 bits per heavy atom. The highest BCUT2D eigenvalue weighted by atomic mass is 19.4. The first-order valence-corrected chi connectivity index (χ1v) is 6.66. The number of alkyl halides is 3. The molecule has 0 bridgehead atoms. The summed E-state index contributed by atoms with van der Waals surface area (Å²) in [5.74, 6) is 0. The van der Waals surface area contributed by atoms with E-state index in [1.165, 1.54) is 6.42 Å². The first-order chi connectivity index (χ1) is 8.76. The number of hydrogen-bond donors (Lipinski definition) is 1. The molecule has 0 saturated heterocycles. The Morgan fingerprint density at radius 2 is 1.84 bits per heavy atom. The maximum Gasteiger partial charge on any atom is 0.416 e. The topological polar surface area (TPSA) is 12.0 Å². The molecule has 0 radical (unpaired) electrons. The van der Waals surface area contributed by atoms with E-state index in [0.717, 1.165) is 30.5 Å². The van der Waals surface area contributed by atoms with E-state index in [1.54, 1.807) is 12.1 Å². The van der Waals surface area contributed by atoms with Gasteiger partial charge in [0.2, 0.25) is 0 Å². The van der Waals surface area contributed by atoms with Crippen LogP contribution in [0.15, 0.2) is 24.3 Å². The second-order valence-corrected chi connectivity index (χ2v) is 6.18. The Labute approximate surface area is 112 Å². The molecule has 1 aliphatic carbocycles. The van der Waals surface area contributed by atoms with Crippen molar-refractivity contribution in [2.75, 3.05) is 0 Å². The number of halogens is 3. The molecule has 0 heterocycles. The molecule has 4 heteroatoms. The molecule has 2 rings (SSSR count). The molecule has 1 unspecified atom stereocenters. The monoisotopic (exact) mass is 271 g/mol. The summed E-state index contributed by atoms with van der Waals surface area (Å²) >= 11 is 0. The van der Waals surface area contributed by atoms with Crippen LogP contribution in [0.3, 0.4) is 0 Å². The Hall–Kier alpha value is -1.03. The summed E-state index contributed by atoms with van der Waals surface area (Å²) in [4.78, 5) is 0. The van der Waals surface area contributed by atoms with E-state index in [1.807, 2.05) is 0 Å². The van der Waals surface area contributed by atoms with Crippen LogP contribution < -0.4 is 5.32 Å². The summed E-state index contributed by atoms with van der Waals surface area (Å²) in [6.07, 6.45) is -0.764. The van der Waals surface area contributed by atoms with Crippen LogP contribution in [0.5, 0.6) is 0 Å². The van der Waals surface area contributed by atoms with E-state index in [4.69, 9.17) is 0 Å². The predicted octanol–water partition coefficient (Wildman–Crippen LogP) is 4.37. The molecule has 19 heavy (non-hydrogen) atoms. The van der Waals surface area contributed by atoms with Crippen LogP contribution in [0.1, 0.15) is 44.2 Å². The van der Waals surface area contributed by atoms with Gasteiger partial charge in [-0.15, -0.1) is 0 Å². The molecule has 1 aromatic carbocycles. The van der Waals surface area contributed by atoms with Crippen molar-refractivity contribution in [2.45, 2.75) is 51.9 Å². The normalized spacial score (nSPS) is 22.7. The SMILES string of the molecule is CC1(C)CCC(NCc2ccc(C(F)(F)F)cc2)C1. The minimum Gasteiger partial charge on any atom is -0.310 e. The van der Waals surface area contributed by atoms with Gasteiger partial charge in [0.05, 0.1) is 5.56 Å². The standard InChI is InChI=1S/C15H20F3N/c1-14(2)8-7-13(9-14)19-10-11-3-5-12(6-4-11)15(16,17)18/h3-6,13,19H,7-10H2,1-2H3. The van der Waals surface area contributed by atoms with Crippen LogP contribution in [0.4, 0.5) is 13.2 Å². The zero-order chi connectivity index (χ0) is 14.1. The Balaban J connectivity index is 1.87. The number of rotatable bonds is 3. The van der Waals surface area contributed by atoms with Gasteiger partial charge in [0, 0.05) is 12.6 Å². The van der Waals surface area contributed by atoms with E-state index >= 15 is 0 Å². The number of hydrogen-bond acceptors (Lipinski definition) is 1. The lowest BCUT2D eigenvalue weighted by molar-refractivity contribution is -0.137. The zero-order valence-electron chi connectivity index (χ0n) is 11.3. The molecule has 1 saturated carbocycles. The molecule has 1 aliphatic rings. The zero-order valence-corrected chi connectivity index (χ0v) is 11.3. The van der Waals surface area contributed by atoms with Crippen molar-refractivity contribution >= 4 is 0 Å². The maximum atomic E-state index is 12.4. The van der Waals surface area contributed by atoms with Gasteiger partial charge in [-0.1, -0.05) is 26.0 Å². The number of benzene rings is 1. The summed E-state index contributed by atoms with van der Waals surface area (Å²) in [7, 11) is 0. The summed E-state index contributed by atoms with van der Waals surface area (Å²) in [5.41, 5.74) is 0.702. The van der Waals surface area contributed by atoms with Crippen LogP contribution in [-0.2, 0) is 12.7 Å². The van der Waals surface area contributed by atoms with Crippen molar-refractivity contribution in [1.29, 1.82) is 0 Å². The second-order valence-electron chi connectivity index (χ2n) is 6.18. The maximum absolute atomic E-state index is 12.4. The highest BCUT2D eigenvalue weighted by molar-refractivity contribution is 5.24. The summed E-state index contributed by atoms with van der Waals surface area (Å²) in [6.45, 7) is 5.15. The van der Waals surface area contributed by atoms with Gasteiger partial charge in [0.25, 0.3) is 0 Å². The van der Waals surface area contributed by atoms with Gasteiger partial charge in [-0.05, 0) is 42.4 Å². The molecule has 106 valence electrons. The van der Waals surface area contributed by atoms with E-state index in [-0.39, 0.29) is 0 Å². The average Bonchev–Trinajstić information content (AvgIpc) is 2.66. The van der Waals surface area contributed by atoms with Crippen molar-refractivity contribution in [3.8, 4) is 0 Å². The third-order valence-corrected chi connectivity index (χ3v) is 3.84. The summed E-state index contributed by atoms with van der Waals surface area (Å²) in [6, 6.07) is 5.88. The molecule has 1 N–H and O–H groups in total. The smallest absolute Gasteiger partial charge is 0.310 e. The molecule has 1 aromatic rings. The summed E-state index contributed by atoms with van der Waals surface area (Å²) < 4.78 is 37.3. The van der Waals surface area contributed by atoms with E-state index < -0.39 is 11.7 Å². The van der Waals surface area contributed by atoms with Gasteiger partial charge < -0.3 is 5.32 Å². The molecule has 0 aliphatic heterocycles. The first-order valence-electron chi connectivity index (χ1n) is 6.66. The van der Waals surface area contributed by atoms with E-state index in [0.29, 0.717) is 18.0 Å². The Bertz CT molecular complexity index is 420. The lowest BCUT2D eigenvalue weighted by Gasteiger charge is -2.18. The van der Waals surface area contributed by atoms with Gasteiger partial charge in [-0.25, -0.2) is 0 Å². The molecular weight excluding hydrogens is 251 g/mol. The van der Waals surface area contributed by atoms with Crippen molar-refractivity contribution in [2.24, 2.45) is 5.41 Å². The van der Waals surface area contributed by atoms with Gasteiger partial charge in [0.1, 0.15) is 0 Å². The third kappa shape index (κ3) is 3.96. The lowest BCUT2D eigenvalue weighted by atomic mass is 9.92. The Kier molecular flexibility index (Phi) is 3.90. The average molecular weight is 271 g/mol. The van der Waals surface area contributed by atoms with Crippen molar-refractivity contribution < 1.29 is 13.2 Å². The largest absolute Gasteiger partial charge is 0.416 e. The molecule has 0 aromatic heterocycles. The fourth-order valence-corrected chi connectivity index (χ4v) is 2.68. The van der Waals surface area contributed by atoms with Gasteiger partial charge in [-0.2, -0.15) is 13.2 Å². The predicted molar refractivity (Wildman–Crippen MR) is 69.7 cm³/mol. The Morgan fingerprint density at radius 1 is 1.21 bits per heavy atom. The molecular formula is C15H20F3N. The summed E-state index contributed by atoms with van der Waals surface area (Å²) in [5, 5.41) is 3.43. The van der Waals surface area contributed by atoms with E-state index in [2.05, 4.69) is 19.2 Å². The highest BCUT2D eigenvalue weighted by Crippen LogP contribution is 2.37. The highest BCUT2D eigenvalue weighted by Gasteiger charge is 2.31. The minimum atomic E-state index is -4.25. The lowest BCUT2D eigenvalue weighted by Crippen LogP contribution is -2.26. The second kappa shape index (κ2) is 5.16. The molecule has 1 fully saturated rings. The molecule has 1 nitrogen and oxygen atoms in total. The van der Waals surface area contributed by atoms with Crippen molar-refractivity contribution in [3.63, 3.8) is 0 Å².